The van der Waals surface area contributed by atoms with Gasteiger partial charge in [-0.05, 0) is 23.7 Å². The molecule has 1 aliphatic rings. The van der Waals surface area contributed by atoms with Crippen LogP contribution < -0.4 is 0 Å². The second kappa shape index (κ2) is 4.87. The molecule has 0 aliphatic heterocycles. The van der Waals surface area contributed by atoms with Crippen LogP contribution in [0.1, 0.15) is 53.4 Å². The predicted octanol–water partition coefficient (Wildman–Crippen LogP) is 3.44. The third-order valence-electron chi connectivity index (χ3n) is 5.06. The Morgan fingerprint density at radius 3 is 2.39 bits per heavy atom. The molecule has 1 rings (SSSR count). The van der Waals surface area contributed by atoms with Gasteiger partial charge in [-0.3, -0.25) is 4.79 Å². The smallest absolute Gasteiger partial charge is 0.310 e. The number of allylic oxidation sites excluding steroid dienone is 2. The van der Waals surface area contributed by atoms with Crippen LogP contribution in [0.15, 0.2) is 12.2 Å². The van der Waals surface area contributed by atoms with E-state index in [1.165, 1.54) is 0 Å². The highest BCUT2D eigenvalue weighted by atomic mass is 16.4. The highest BCUT2D eigenvalue weighted by Crippen LogP contribution is 2.61. The number of aliphatic carboxylic acids is 1. The van der Waals surface area contributed by atoms with Crippen LogP contribution in [-0.2, 0) is 9.59 Å². The third kappa shape index (κ3) is 1.90. The summed E-state index contributed by atoms with van der Waals surface area (Å²) >= 11 is 0. The summed E-state index contributed by atoms with van der Waals surface area (Å²) in [5, 5.41) is 9.76. The first kappa shape index (κ1) is 14.9. The summed E-state index contributed by atoms with van der Waals surface area (Å²) in [6.07, 6.45) is 7.04. The summed E-state index contributed by atoms with van der Waals surface area (Å²) in [7, 11) is 0. The maximum atomic E-state index is 11.9. The number of carbonyl (C=O) groups excluding carboxylic acids is 1. The number of carbonyl (C=O) groups is 2. The monoisotopic (exact) mass is 252 g/mol. The van der Waals surface area contributed by atoms with Crippen molar-refractivity contribution in [1.82, 2.24) is 0 Å². The summed E-state index contributed by atoms with van der Waals surface area (Å²) in [6, 6.07) is 0. The Bertz CT molecular complexity index is 370. The lowest BCUT2D eigenvalue weighted by molar-refractivity contribution is -0.166. The van der Waals surface area contributed by atoms with Gasteiger partial charge in [0, 0.05) is 6.42 Å². The maximum Gasteiger partial charge on any atom is 0.310 e. The van der Waals surface area contributed by atoms with Crippen molar-refractivity contribution < 1.29 is 14.7 Å². The van der Waals surface area contributed by atoms with E-state index in [0.29, 0.717) is 6.42 Å². The van der Waals surface area contributed by atoms with Crippen LogP contribution in [0.3, 0.4) is 0 Å². The van der Waals surface area contributed by atoms with Crippen molar-refractivity contribution in [2.75, 3.05) is 0 Å². The molecule has 102 valence electrons. The minimum atomic E-state index is -0.962. The molecule has 0 spiro atoms. The van der Waals surface area contributed by atoms with E-state index in [9.17, 15) is 14.7 Å². The number of hydrogen-bond donors (Lipinski definition) is 1. The summed E-state index contributed by atoms with van der Waals surface area (Å²) < 4.78 is 0. The van der Waals surface area contributed by atoms with E-state index in [2.05, 4.69) is 26.0 Å². The van der Waals surface area contributed by atoms with Crippen molar-refractivity contribution in [3.63, 3.8) is 0 Å². The van der Waals surface area contributed by atoms with Gasteiger partial charge in [0.2, 0.25) is 0 Å². The number of hydrogen-bond acceptors (Lipinski definition) is 2. The molecule has 3 heteroatoms. The Hall–Kier alpha value is -1.12. The van der Waals surface area contributed by atoms with Crippen LogP contribution in [0.2, 0.25) is 0 Å². The standard InChI is InChI=1S/C15H24O3/c1-5-7-15(10-11-16,12(17)18)14(4)9-6-8-13(14,2)3/h6,8,11H,5,7,9-10H2,1-4H3,(H,17,18). The third-order valence-corrected chi connectivity index (χ3v) is 5.06. The van der Waals surface area contributed by atoms with E-state index in [4.69, 9.17) is 0 Å². The van der Waals surface area contributed by atoms with Crippen LogP contribution in [-0.4, -0.2) is 17.4 Å². The Morgan fingerprint density at radius 1 is 1.44 bits per heavy atom. The van der Waals surface area contributed by atoms with Crippen LogP contribution in [0.4, 0.5) is 0 Å². The van der Waals surface area contributed by atoms with Crippen molar-refractivity contribution >= 4 is 12.3 Å². The van der Waals surface area contributed by atoms with E-state index < -0.39 is 16.8 Å². The quantitative estimate of drug-likeness (QED) is 0.582. The second-order valence-corrected chi connectivity index (χ2v) is 6.17. The summed E-state index contributed by atoms with van der Waals surface area (Å²) in [5.41, 5.74) is -1.58. The number of rotatable bonds is 6. The lowest BCUT2D eigenvalue weighted by atomic mass is 9.51. The number of aldehydes is 1. The van der Waals surface area contributed by atoms with Crippen molar-refractivity contribution in [1.29, 1.82) is 0 Å². The lowest BCUT2D eigenvalue weighted by Gasteiger charge is -2.50. The Kier molecular flexibility index (Phi) is 4.04. The number of carboxylic acid groups (broad SMARTS) is 1. The van der Waals surface area contributed by atoms with Gasteiger partial charge in [0.15, 0.2) is 0 Å². The Balaban J connectivity index is 3.33. The van der Waals surface area contributed by atoms with Crippen molar-refractivity contribution in [3.8, 4) is 0 Å². The van der Waals surface area contributed by atoms with Crippen LogP contribution in [0.25, 0.3) is 0 Å². The molecule has 0 amide bonds. The van der Waals surface area contributed by atoms with Gasteiger partial charge in [0.1, 0.15) is 6.29 Å². The highest BCUT2D eigenvalue weighted by molar-refractivity contribution is 5.79. The molecule has 18 heavy (non-hydrogen) atoms. The molecule has 0 aromatic rings. The fourth-order valence-electron chi connectivity index (χ4n) is 3.45. The molecule has 2 unspecified atom stereocenters. The van der Waals surface area contributed by atoms with Crippen LogP contribution in [0, 0.1) is 16.2 Å². The van der Waals surface area contributed by atoms with Gasteiger partial charge in [0.25, 0.3) is 0 Å². The summed E-state index contributed by atoms with van der Waals surface area (Å²) in [6.45, 7) is 8.12. The first-order valence-corrected chi connectivity index (χ1v) is 6.62. The van der Waals surface area contributed by atoms with Crippen LogP contribution >= 0.6 is 0 Å². The molecule has 0 aromatic carbocycles. The molecule has 0 heterocycles. The van der Waals surface area contributed by atoms with Crippen molar-refractivity contribution in [2.24, 2.45) is 16.2 Å². The minimum Gasteiger partial charge on any atom is -0.481 e. The SMILES string of the molecule is CCCC(CC=O)(C(=O)O)C1(C)CC=CC1(C)C. The first-order valence-electron chi connectivity index (χ1n) is 6.62. The molecular formula is C15H24O3. The number of carboxylic acids is 1. The zero-order chi connectivity index (χ0) is 14.0. The minimum absolute atomic E-state index is 0.0950. The molecule has 0 aromatic heterocycles. The Morgan fingerprint density at radius 2 is 2.06 bits per heavy atom. The van der Waals surface area contributed by atoms with Crippen molar-refractivity contribution in [2.45, 2.75) is 53.4 Å². The van der Waals surface area contributed by atoms with Crippen LogP contribution in [0.5, 0.6) is 0 Å². The molecule has 0 bridgehead atoms. The zero-order valence-electron chi connectivity index (χ0n) is 11.8. The van der Waals surface area contributed by atoms with Gasteiger partial charge < -0.3 is 9.90 Å². The molecule has 0 saturated heterocycles. The average molecular weight is 252 g/mol. The molecule has 0 saturated carbocycles. The van der Waals surface area contributed by atoms with E-state index >= 15 is 0 Å². The highest BCUT2D eigenvalue weighted by Gasteiger charge is 2.59. The molecule has 3 nitrogen and oxygen atoms in total. The van der Waals surface area contributed by atoms with Crippen molar-refractivity contribution in [3.05, 3.63) is 12.2 Å². The first-order chi connectivity index (χ1) is 8.27. The van der Waals surface area contributed by atoms with E-state index in [-0.39, 0.29) is 11.8 Å². The van der Waals surface area contributed by atoms with Gasteiger partial charge >= 0.3 is 5.97 Å². The second-order valence-electron chi connectivity index (χ2n) is 6.17. The molecular weight excluding hydrogens is 228 g/mol. The van der Waals surface area contributed by atoms with E-state index in [1.807, 2.05) is 13.8 Å². The largest absolute Gasteiger partial charge is 0.481 e. The summed E-state index contributed by atoms with van der Waals surface area (Å²) in [5.74, 6) is -0.837. The Labute approximate surface area is 109 Å². The normalized spacial score (nSPS) is 28.9. The fourth-order valence-corrected chi connectivity index (χ4v) is 3.45. The topological polar surface area (TPSA) is 54.4 Å². The van der Waals surface area contributed by atoms with Gasteiger partial charge in [-0.15, -0.1) is 0 Å². The predicted molar refractivity (Wildman–Crippen MR) is 71.3 cm³/mol. The maximum absolute atomic E-state index is 11.9. The lowest BCUT2D eigenvalue weighted by Crippen LogP contribution is -2.52. The molecule has 0 radical (unpaired) electrons. The van der Waals surface area contributed by atoms with Gasteiger partial charge in [0.05, 0.1) is 5.41 Å². The molecule has 2 atom stereocenters. The van der Waals surface area contributed by atoms with Gasteiger partial charge in [-0.1, -0.05) is 46.3 Å². The van der Waals surface area contributed by atoms with E-state index in [0.717, 1.165) is 19.1 Å². The fraction of sp³-hybridized carbons (Fsp3) is 0.733. The summed E-state index contributed by atoms with van der Waals surface area (Å²) in [4.78, 5) is 22.9. The molecule has 1 aliphatic carbocycles. The van der Waals surface area contributed by atoms with Gasteiger partial charge in [-0.25, -0.2) is 0 Å². The molecule has 0 fully saturated rings. The van der Waals surface area contributed by atoms with E-state index in [1.54, 1.807) is 0 Å². The van der Waals surface area contributed by atoms with Gasteiger partial charge in [-0.2, -0.15) is 0 Å². The molecule has 1 N–H and O–H groups in total. The zero-order valence-corrected chi connectivity index (χ0v) is 11.8. The average Bonchev–Trinajstić information content (AvgIpc) is 2.53.